The van der Waals surface area contributed by atoms with Crippen LogP contribution in [-0.2, 0) is 22.4 Å². The molecule has 0 aromatic heterocycles. The highest BCUT2D eigenvalue weighted by Crippen LogP contribution is 2.55. The van der Waals surface area contributed by atoms with Crippen LogP contribution in [0.5, 0.6) is 5.75 Å². The fourth-order valence-electron chi connectivity index (χ4n) is 4.64. The lowest BCUT2D eigenvalue weighted by atomic mass is 10.0. The zero-order valence-electron chi connectivity index (χ0n) is 18.7. The van der Waals surface area contributed by atoms with Crippen LogP contribution in [0, 0.1) is 0 Å². The Hall–Kier alpha value is -3.46. The van der Waals surface area contributed by atoms with Gasteiger partial charge in [-0.1, -0.05) is 30.3 Å². The van der Waals surface area contributed by atoms with E-state index in [1.165, 1.54) is 29.8 Å². The first-order valence-corrected chi connectivity index (χ1v) is 11.9. The van der Waals surface area contributed by atoms with Crippen LogP contribution < -0.4 is 9.64 Å². The lowest BCUT2D eigenvalue weighted by Crippen LogP contribution is -2.50. The number of anilines is 1. The largest absolute Gasteiger partial charge is 0.497 e. The number of fused-ring (bicyclic) bond motifs is 2. The van der Waals surface area contributed by atoms with Gasteiger partial charge in [0, 0.05) is 23.4 Å². The van der Waals surface area contributed by atoms with Crippen molar-refractivity contribution in [1.82, 2.24) is 4.90 Å². The number of methoxy groups -OCH3 is 1. The van der Waals surface area contributed by atoms with Crippen LogP contribution in [0.3, 0.4) is 0 Å². The van der Waals surface area contributed by atoms with Gasteiger partial charge in [-0.3, -0.25) is 9.59 Å². The van der Waals surface area contributed by atoms with E-state index >= 15 is 0 Å². The van der Waals surface area contributed by atoms with Crippen molar-refractivity contribution in [2.24, 2.45) is 0 Å². The van der Waals surface area contributed by atoms with Gasteiger partial charge in [0.25, 0.3) is 11.8 Å². The molecule has 35 heavy (non-hydrogen) atoms. The Morgan fingerprint density at radius 2 is 1.83 bits per heavy atom. The first-order chi connectivity index (χ1) is 16.8. The SMILES string of the molecule is COc1ccc2c(c1)[C@]1(SCCN1C(=O)c1ccccc1)C(=O)N2Cc1cccc(C(F)(F)F)c1. The summed E-state index contributed by atoms with van der Waals surface area (Å²) in [6, 6.07) is 18.8. The number of nitrogens with zero attached hydrogens (tertiary/aromatic N) is 2. The Bertz CT molecular complexity index is 1300. The topological polar surface area (TPSA) is 49.9 Å². The molecule has 1 spiro atoms. The van der Waals surface area contributed by atoms with E-state index in [2.05, 4.69) is 0 Å². The summed E-state index contributed by atoms with van der Waals surface area (Å²) in [5.74, 6) is 0.429. The molecule has 2 heterocycles. The highest BCUT2D eigenvalue weighted by Gasteiger charge is 2.59. The van der Waals surface area contributed by atoms with Crippen LogP contribution in [-0.4, -0.2) is 36.1 Å². The molecule has 9 heteroatoms. The third-order valence-electron chi connectivity index (χ3n) is 6.26. The maximum atomic E-state index is 14.1. The molecule has 0 unspecified atom stereocenters. The molecule has 180 valence electrons. The predicted octanol–water partition coefficient (Wildman–Crippen LogP) is 5.30. The molecule has 3 aromatic carbocycles. The summed E-state index contributed by atoms with van der Waals surface area (Å²) in [6.07, 6.45) is -4.49. The van der Waals surface area contributed by atoms with Crippen LogP contribution >= 0.6 is 11.8 Å². The fraction of sp³-hybridized carbons (Fsp3) is 0.231. The van der Waals surface area contributed by atoms with E-state index < -0.39 is 16.6 Å². The van der Waals surface area contributed by atoms with E-state index in [1.54, 1.807) is 53.4 Å². The smallest absolute Gasteiger partial charge is 0.416 e. The molecule has 0 N–H and O–H groups in total. The van der Waals surface area contributed by atoms with Gasteiger partial charge in [0.15, 0.2) is 4.87 Å². The third kappa shape index (κ3) is 3.83. The highest BCUT2D eigenvalue weighted by atomic mass is 32.2. The van der Waals surface area contributed by atoms with E-state index in [4.69, 9.17) is 4.74 Å². The molecule has 5 nitrogen and oxygen atoms in total. The standard InChI is InChI=1S/C26H21F3N2O3S/c1-34-20-10-11-22-21(15-20)25(31(12-13-35-25)23(32)18-7-3-2-4-8-18)24(33)30(22)16-17-6-5-9-19(14-17)26(27,28)29/h2-11,14-15H,12-13,16H2,1H3/t25-/m0/s1. The van der Waals surface area contributed by atoms with Gasteiger partial charge in [0.05, 0.1) is 24.9 Å². The molecule has 0 saturated carbocycles. The zero-order chi connectivity index (χ0) is 24.8. The van der Waals surface area contributed by atoms with E-state index in [0.717, 1.165) is 12.1 Å². The number of carbonyl (C=O) groups excluding carboxylic acids is 2. The van der Waals surface area contributed by atoms with Gasteiger partial charge < -0.3 is 14.5 Å². The van der Waals surface area contributed by atoms with Crippen LogP contribution in [0.25, 0.3) is 0 Å². The van der Waals surface area contributed by atoms with E-state index in [9.17, 15) is 22.8 Å². The molecule has 0 bridgehead atoms. The first-order valence-electron chi connectivity index (χ1n) is 10.9. The van der Waals surface area contributed by atoms with Crippen molar-refractivity contribution >= 4 is 29.3 Å². The molecule has 0 radical (unpaired) electrons. The minimum Gasteiger partial charge on any atom is -0.497 e. The highest BCUT2D eigenvalue weighted by molar-refractivity contribution is 8.01. The number of thioether (sulfide) groups is 1. The molecule has 3 aromatic rings. The van der Waals surface area contributed by atoms with Gasteiger partial charge in [0.2, 0.25) is 0 Å². The second-order valence-electron chi connectivity index (χ2n) is 8.29. The summed E-state index contributed by atoms with van der Waals surface area (Å²) >= 11 is 1.35. The van der Waals surface area contributed by atoms with Crippen LogP contribution in [0.1, 0.15) is 27.0 Å². The van der Waals surface area contributed by atoms with Gasteiger partial charge in [-0.15, -0.1) is 11.8 Å². The lowest BCUT2D eigenvalue weighted by Gasteiger charge is -2.33. The molecule has 2 amide bonds. The molecule has 1 fully saturated rings. The van der Waals surface area contributed by atoms with Crippen molar-refractivity contribution in [3.63, 3.8) is 0 Å². The van der Waals surface area contributed by atoms with E-state index in [1.807, 2.05) is 6.07 Å². The number of hydrogen-bond acceptors (Lipinski definition) is 4. The average Bonchev–Trinajstić information content (AvgIpc) is 3.40. The number of carbonyl (C=O) groups is 2. The monoisotopic (exact) mass is 498 g/mol. The number of halogens is 3. The van der Waals surface area contributed by atoms with Crippen molar-refractivity contribution in [3.8, 4) is 5.75 Å². The average molecular weight is 499 g/mol. The molecular weight excluding hydrogens is 477 g/mol. The van der Waals surface area contributed by atoms with Crippen molar-refractivity contribution in [3.05, 3.63) is 95.1 Å². The minimum atomic E-state index is -4.49. The number of amides is 2. The maximum absolute atomic E-state index is 14.1. The summed E-state index contributed by atoms with van der Waals surface area (Å²) in [4.78, 5) is 29.3. The first kappa shape index (κ1) is 23.3. The van der Waals surface area contributed by atoms with Gasteiger partial charge >= 0.3 is 6.18 Å². The Morgan fingerprint density at radius 1 is 1.06 bits per heavy atom. The number of alkyl halides is 3. The summed E-state index contributed by atoms with van der Waals surface area (Å²) in [7, 11) is 1.51. The molecule has 2 aliphatic rings. The Kier molecular flexibility index (Phi) is 5.75. The van der Waals surface area contributed by atoms with E-state index in [0.29, 0.717) is 40.4 Å². The maximum Gasteiger partial charge on any atom is 0.416 e. The summed E-state index contributed by atoms with van der Waals surface area (Å²) in [5, 5.41) is 0. The quantitative estimate of drug-likeness (QED) is 0.490. The van der Waals surface area contributed by atoms with Crippen molar-refractivity contribution in [2.75, 3.05) is 24.3 Å². The van der Waals surface area contributed by atoms with Crippen LogP contribution in [0.4, 0.5) is 18.9 Å². The second-order valence-corrected chi connectivity index (χ2v) is 9.58. The fourth-order valence-corrected chi connectivity index (χ4v) is 6.10. The van der Waals surface area contributed by atoms with E-state index in [-0.39, 0.29) is 18.4 Å². The molecule has 1 saturated heterocycles. The number of ether oxygens (including phenoxy) is 1. The van der Waals surface area contributed by atoms with Crippen molar-refractivity contribution in [2.45, 2.75) is 17.6 Å². The Morgan fingerprint density at radius 3 is 2.54 bits per heavy atom. The summed E-state index contributed by atoms with van der Waals surface area (Å²) in [6.45, 7) is 0.302. The summed E-state index contributed by atoms with van der Waals surface area (Å²) in [5.41, 5.74) is 1.18. The molecular formula is C26H21F3N2O3S. The second kappa shape index (κ2) is 8.64. The number of hydrogen-bond donors (Lipinski definition) is 0. The van der Waals surface area contributed by atoms with Crippen molar-refractivity contribution < 1.29 is 27.5 Å². The van der Waals surface area contributed by atoms with Crippen molar-refractivity contribution in [1.29, 1.82) is 0 Å². The van der Waals surface area contributed by atoms with Gasteiger partial charge in [-0.25, -0.2) is 0 Å². The zero-order valence-corrected chi connectivity index (χ0v) is 19.5. The summed E-state index contributed by atoms with van der Waals surface area (Å²) < 4.78 is 45.2. The van der Waals surface area contributed by atoms with Crippen LogP contribution in [0.2, 0.25) is 0 Å². The Labute approximate surface area is 204 Å². The predicted molar refractivity (Wildman–Crippen MR) is 127 cm³/mol. The number of rotatable bonds is 4. The molecule has 0 aliphatic carbocycles. The molecule has 5 rings (SSSR count). The van der Waals surface area contributed by atoms with Crippen LogP contribution in [0.15, 0.2) is 72.8 Å². The lowest BCUT2D eigenvalue weighted by molar-refractivity contribution is -0.137. The van der Waals surface area contributed by atoms with Gasteiger partial charge in [-0.2, -0.15) is 13.2 Å². The number of benzene rings is 3. The minimum absolute atomic E-state index is 0.0578. The normalized spacial score (nSPS) is 19.4. The Balaban J connectivity index is 1.59. The molecule has 1 atom stereocenters. The van der Waals surface area contributed by atoms with Gasteiger partial charge in [-0.05, 0) is 48.0 Å². The van der Waals surface area contributed by atoms with Gasteiger partial charge in [0.1, 0.15) is 5.75 Å². The molecule has 2 aliphatic heterocycles. The third-order valence-corrected chi connectivity index (χ3v) is 7.68.